The van der Waals surface area contributed by atoms with Crippen LogP contribution in [0.15, 0.2) is 37.0 Å². The highest BCUT2D eigenvalue weighted by Gasteiger charge is 2.02. The molecule has 14 heavy (non-hydrogen) atoms. The summed E-state index contributed by atoms with van der Waals surface area (Å²) in [6.45, 7) is 17.5. The minimum Gasteiger partial charge on any atom is -0.320 e. The van der Waals surface area contributed by atoms with Crippen LogP contribution in [0.3, 0.4) is 0 Å². The van der Waals surface area contributed by atoms with Crippen LogP contribution in [0, 0.1) is 5.92 Å². The van der Waals surface area contributed by atoms with Crippen molar-refractivity contribution >= 4 is 0 Å². The molecule has 0 saturated heterocycles. The molecular formula is C13H25N. The molecule has 0 fully saturated rings. The van der Waals surface area contributed by atoms with Crippen molar-refractivity contribution in [3.63, 3.8) is 0 Å². The first-order valence-electron chi connectivity index (χ1n) is 5.06. The predicted octanol–water partition coefficient (Wildman–Crippen LogP) is 3.56. The van der Waals surface area contributed by atoms with Gasteiger partial charge in [0.05, 0.1) is 0 Å². The molecule has 1 atom stereocenters. The first-order chi connectivity index (χ1) is 6.57. The fourth-order valence-electron chi connectivity index (χ4n) is 1.06. The van der Waals surface area contributed by atoms with Gasteiger partial charge in [0.25, 0.3) is 0 Å². The van der Waals surface area contributed by atoms with Gasteiger partial charge < -0.3 is 5.32 Å². The number of rotatable bonds is 5. The zero-order valence-corrected chi connectivity index (χ0v) is 10.2. The molecule has 0 heterocycles. The van der Waals surface area contributed by atoms with E-state index in [1.54, 1.807) is 0 Å². The first-order valence-corrected chi connectivity index (χ1v) is 5.06. The standard InChI is InChI=1S/C11H21N.C2H4/c1-9(2)8-11(4)10(3)6-7-12-5;1-2/h8,10,12H,4,6-7H2,1-3,5H3;1-2H2. The van der Waals surface area contributed by atoms with Crippen molar-refractivity contribution in [3.8, 4) is 0 Å². The summed E-state index contributed by atoms with van der Waals surface area (Å²) >= 11 is 0. The molecule has 0 amide bonds. The summed E-state index contributed by atoms with van der Waals surface area (Å²) in [7, 11) is 1.98. The average Bonchev–Trinajstić information content (AvgIpc) is 2.16. The molecule has 0 aliphatic rings. The molecule has 0 aliphatic carbocycles. The van der Waals surface area contributed by atoms with Gasteiger partial charge in [0.1, 0.15) is 0 Å². The molecule has 0 aromatic rings. The van der Waals surface area contributed by atoms with E-state index in [9.17, 15) is 0 Å². The van der Waals surface area contributed by atoms with Gasteiger partial charge in [0, 0.05) is 0 Å². The van der Waals surface area contributed by atoms with Crippen molar-refractivity contribution in [2.45, 2.75) is 27.2 Å². The fourth-order valence-corrected chi connectivity index (χ4v) is 1.06. The minimum absolute atomic E-state index is 0.590. The van der Waals surface area contributed by atoms with Crippen LogP contribution in [0.5, 0.6) is 0 Å². The Morgan fingerprint density at radius 3 is 2.21 bits per heavy atom. The van der Waals surface area contributed by atoms with E-state index in [1.807, 2.05) is 7.05 Å². The van der Waals surface area contributed by atoms with Crippen molar-refractivity contribution in [3.05, 3.63) is 37.0 Å². The molecular weight excluding hydrogens is 170 g/mol. The van der Waals surface area contributed by atoms with Crippen LogP contribution >= 0.6 is 0 Å². The van der Waals surface area contributed by atoms with Gasteiger partial charge in [0.15, 0.2) is 0 Å². The Morgan fingerprint density at radius 2 is 1.86 bits per heavy atom. The van der Waals surface area contributed by atoms with E-state index in [2.05, 4.69) is 51.9 Å². The van der Waals surface area contributed by atoms with E-state index in [1.165, 1.54) is 17.6 Å². The molecule has 1 unspecified atom stereocenters. The largest absolute Gasteiger partial charge is 0.320 e. The Hall–Kier alpha value is -0.820. The maximum absolute atomic E-state index is 4.04. The lowest BCUT2D eigenvalue weighted by atomic mass is 9.97. The lowest BCUT2D eigenvalue weighted by Crippen LogP contribution is -2.12. The highest BCUT2D eigenvalue weighted by atomic mass is 14.8. The van der Waals surface area contributed by atoms with Crippen LogP contribution < -0.4 is 5.32 Å². The molecule has 0 spiro atoms. The average molecular weight is 195 g/mol. The molecule has 0 bridgehead atoms. The minimum atomic E-state index is 0.590. The summed E-state index contributed by atoms with van der Waals surface area (Å²) in [6.07, 6.45) is 3.33. The Balaban J connectivity index is 0. The normalized spacial score (nSPS) is 10.9. The van der Waals surface area contributed by atoms with Crippen LogP contribution in [-0.2, 0) is 0 Å². The second-order valence-corrected chi connectivity index (χ2v) is 3.59. The van der Waals surface area contributed by atoms with Crippen molar-refractivity contribution in [2.24, 2.45) is 5.92 Å². The highest BCUT2D eigenvalue weighted by molar-refractivity contribution is 5.20. The van der Waals surface area contributed by atoms with Gasteiger partial charge in [-0.2, -0.15) is 0 Å². The third-order valence-electron chi connectivity index (χ3n) is 1.93. The predicted molar refractivity (Wildman–Crippen MR) is 67.5 cm³/mol. The van der Waals surface area contributed by atoms with Crippen molar-refractivity contribution in [2.75, 3.05) is 13.6 Å². The van der Waals surface area contributed by atoms with Gasteiger partial charge in [-0.1, -0.05) is 30.7 Å². The van der Waals surface area contributed by atoms with Gasteiger partial charge in [-0.3, -0.25) is 0 Å². The van der Waals surface area contributed by atoms with E-state index in [0.29, 0.717) is 5.92 Å². The van der Waals surface area contributed by atoms with Gasteiger partial charge >= 0.3 is 0 Å². The highest BCUT2D eigenvalue weighted by Crippen LogP contribution is 2.14. The van der Waals surface area contributed by atoms with E-state index in [4.69, 9.17) is 0 Å². The van der Waals surface area contributed by atoms with Gasteiger partial charge in [-0.15, -0.1) is 13.2 Å². The number of allylic oxidation sites excluding steroid dienone is 3. The number of hydrogen-bond donors (Lipinski definition) is 1. The zero-order valence-electron chi connectivity index (χ0n) is 10.2. The molecule has 0 aromatic carbocycles. The zero-order chi connectivity index (χ0) is 11.6. The summed E-state index contributed by atoms with van der Waals surface area (Å²) in [6, 6.07) is 0. The van der Waals surface area contributed by atoms with E-state index >= 15 is 0 Å². The molecule has 0 saturated carbocycles. The van der Waals surface area contributed by atoms with Crippen molar-refractivity contribution < 1.29 is 0 Å². The van der Waals surface area contributed by atoms with E-state index in [0.717, 1.165) is 6.54 Å². The number of hydrogen-bond acceptors (Lipinski definition) is 1. The molecule has 1 N–H and O–H groups in total. The second-order valence-electron chi connectivity index (χ2n) is 3.59. The van der Waals surface area contributed by atoms with Gasteiger partial charge in [-0.25, -0.2) is 0 Å². The fraction of sp³-hybridized carbons (Fsp3) is 0.538. The molecule has 1 heteroatoms. The molecule has 0 rings (SSSR count). The molecule has 0 aliphatic heterocycles. The Labute approximate surface area is 89.6 Å². The maximum Gasteiger partial charge on any atom is -0.00462 e. The molecule has 0 radical (unpaired) electrons. The lowest BCUT2D eigenvalue weighted by Gasteiger charge is -2.11. The Morgan fingerprint density at radius 1 is 1.36 bits per heavy atom. The summed E-state index contributed by atoms with van der Waals surface area (Å²) in [5, 5.41) is 3.14. The van der Waals surface area contributed by atoms with Gasteiger partial charge in [0.2, 0.25) is 0 Å². The SMILES string of the molecule is C=C.C=C(C=C(C)C)C(C)CCNC. The smallest absolute Gasteiger partial charge is 0.00462 e. The monoisotopic (exact) mass is 195 g/mol. The first kappa shape index (κ1) is 15.6. The van der Waals surface area contributed by atoms with E-state index in [-0.39, 0.29) is 0 Å². The summed E-state index contributed by atoms with van der Waals surface area (Å²) in [5.74, 6) is 0.590. The van der Waals surface area contributed by atoms with Crippen molar-refractivity contribution in [1.29, 1.82) is 0 Å². The van der Waals surface area contributed by atoms with Crippen LogP contribution in [0.2, 0.25) is 0 Å². The third-order valence-corrected chi connectivity index (χ3v) is 1.93. The third kappa shape index (κ3) is 9.27. The van der Waals surface area contributed by atoms with Crippen LogP contribution in [0.1, 0.15) is 27.2 Å². The quantitative estimate of drug-likeness (QED) is 0.522. The topological polar surface area (TPSA) is 12.0 Å². The molecule has 0 aromatic heterocycles. The summed E-state index contributed by atoms with van der Waals surface area (Å²) < 4.78 is 0. The Bertz CT molecular complexity index is 176. The molecule has 1 nitrogen and oxygen atoms in total. The van der Waals surface area contributed by atoms with E-state index < -0.39 is 0 Å². The molecule has 82 valence electrons. The number of nitrogens with one attached hydrogen (secondary N) is 1. The second kappa shape index (κ2) is 10.3. The van der Waals surface area contributed by atoms with Crippen LogP contribution in [0.4, 0.5) is 0 Å². The van der Waals surface area contributed by atoms with Crippen molar-refractivity contribution in [1.82, 2.24) is 5.32 Å². The van der Waals surface area contributed by atoms with Crippen LogP contribution in [0.25, 0.3) is 0 Å². The van der Waals surface area contributed by atoms with Gasteiger partial charge in [-0.05, 0) is 39.8 Å². The summed E-state index contributed by atoms with van der Waals surface area (Å²) in [4.78, 5) is 0. The summed E-state index contributed by atoms with van der Waals surface area (Å²) in [5.41, 5.74) is 2.57. The Kier molecular flexibility index (Phi) is 11.5. The maximum atomic E-state index is 4.04. The van der Waals surface area contributed by atoms with Crippen LogP contribution in [-0.4, -0.2) is 13.6 Å². The lowest BCUT2D eigenvalue weighted by molar-refractivity contribution is 0.594.